The van der Waals surface area contributed by atoms with Crippen molar-refractivity contribution in [2.45, 2.75) is 39.2 Å². The van der Waals surface area contributed by atoms with E-state index in [1.165, 1.54) is 0 Å². The molecule has 122 valence electrons. The zero-order valence-electron chi connectivity index (χ0n) is 13.6. The van der Waals surface area contributed by atoms with Crippen molar-refractivity contribution in [3.63, 3.8) is 0 Å². The minimum absolute atomic E-state index is 0.186. The summed E-state index contributed by atoms with van der Waals surface area (Å²) in [5.74, 6) is 0.195. The van der Waals surface area contributed by atoms with Crippen LogP contribution in [0, 0.1) is 5.92 Å². The number of anilines is 1. The maximum Gasteiger partial charge on any atom is 0.256 e. The summed E-state index contributed by atoms with van der Waals surface area (Å²) in [6.45, 7) is 4.77. The van der Waals surface area contributed by atoms with E-state index in [0.717, 1.165) is 24.8 Å². The number of fused-ring (bicyclic) bond motifs is 1. The lowest BCUT2D eigenvalue weighted by atomic mass is 10.1. The first kappa shape index (κ1) is 15.6. The summed E-state index contributed by atoms with van der Waals surface area (Å²) >= 11 is 0. The van der Waals surface area contributed by atoms with Gasteiger partial charge in [0.15, 0.2) is 0 Å². The molecule has 5 nitrogen and oxygen atoms in total. The molecule has 0 unspecified atom stereocenters. The predicted molar refractivity (Wildman–Crippen MR) is 92.7 cm³/mol. The number of benzene rings is 1. The number of hydrogen-bond acceptors (Lipinski definition) is 3. The van der Waals surface area contributed by atoms with Gasteiger partial charge in [-0.1, -0.05) is 19.9 Å². The van der Waals surface area contributed by atoms with Gasteiger partial charge in [0.05, 0.1) is 10.9 Å². The molecule has 0 atom stereocenters. The molecule has 2 aromatic rings. The Labute approximate surface area is 135 Å². The normalized spacial score (nSPS) is 14.4. The molecule has 1 aromatic carbocycles. The number of nitrogens with one attached hydrogen (secondary N) is 1. The standard InChI is InChI=1S/C18H23N3O2/c1-11(2)8-9-20-18(23)13-10-21(12-6-7-12)15-5-3-4-14(19)16(15)17(13)22/h3-5,10-12H,6-9,19H2,1-2H3,(H,20,23). The first-order valence-electron chi connectivity index (χ1n) is 8.20. The van der Waals surface area contributed by atoms with Gasteiger partial charge in [0.2, 0.25) is 5.43 Å². The first-order chi connectivity index (χ1) is 11.0. The van der Waals surface area contributed by atoms with E-state index in [-0.39, 0.29) is 16.9 Å². The van der Waals surface area contributed by atoms with Crippen LogP contribution in [0.15, 0.2) is 29.2 Å². The number of nitrogen functional groups attached to an aromatic ring is 1. The third-order valence-electron chi connectivity index (χ3n) is 4.28. The molecule has 5 heteroatoms. The highest BCUT2D eigenvalue weighted by molar-refractivity contribution is 6.00. The number of nitrogens with two attached hydrogens (primary N) is 1. The van der Waals surface area contributed by atoms with Gasteiger partial charge in [-0.05, 0) is 37.3 Å². The second-order valence-electron chi connectivity index (χ2n) is 6.69. The van der Waals surface area contributed by atoms with Gasteiger partial charge < -0.3 is 15.6 Å². The number of amides is 1. The maximum atomic E-state index is 12.7. The highest BCUT2D eigenvalue weighted by atomic mass is 16.2. The molecule has 3 rings (SSSR count). The van der Waals surface area contributed by atoms with Crippen LogP contribution in [0.3, 0.4) is 0 Å². The SMILES string of the molecule is CC(C)CCNC(=O)c1cn(C2CC2)c2cccc(N)c2c1=O. The largest absolute Gasteiger partial charge is 0.398 e. The molecule has 1 amide bonds. The molecule has 3 N–H and O–H groups in total. The fourth-order valence-electron chi connectivity index (χ4n) is 2.81. The Morgan fingerprint density at radius 2 is 2.13 bits per heavy atom. The molecule has 1 aliphatic carbocycles. The summed E-state index contributed by atoms with van der Waals surface area (Å²) in [7, 11) is 0. The number of aromatic nitrogens is 1. The molecule has 0 bridgehead atoms. The van der Waals surface area contributed by atoms with Crippen LogP contribution in [-0.2, 0) is 0 Å². The Balaban J connectivity index is 2.03. The second kappa shape index (κ2) is 6.07. The highest BCUT2D eigenvalue weighted by Gasteiger charge is 2.27. The van der Waals surface area contributed by atoms with Crippen LogP contribution < -0.4 is 16.5 Å². The van der Waals surface area contributed by atoms with Crippen molar-refractivity contribution in [1.29, 1.82) is 0 Å². The molecule has 1 aliphatic rings. The Kier molecular flexibility index (Phi) is 4.11. The fraction of sp³-hybridized carbons (Fsp3) is 0.444. The van der Waals surface area contributed by atoms with Crippen molar-refractivity contribution in [1.82, 2.24) is 9.88 Å². The molecule has 1 aromatic heterocycles. The van der Waals surface area contributed by atoms with Gasteiger partial charge in [-0.25, -0.2) is 0 Å². The summed E-state index contributed by atoms with van der Waals surface area (Å²) in [6.07, 6.45) is 4.73. The number of pyridine rings is 1. The molecule has 1 saturated carbocycles. The lowest BCUT2D eigenvalue weighted by Gasteiger charge is -2.14. The lowest BCUT2D eigenvalue weighted by molar-refractivity contribution is 0.0950. The minimum Gasteiger partial charge on any atom is -0.398 e. The summed E-state index contributed by atoms with van der Waals surface area (Å²) in [4.78, 5) is 25.2. The summed E-state index contributed by atoms with van der Waals surface area (Å²) < 4.78 is 2.03. The van der Waals surface area contributed by atoms with Gasteiger partial charge in [0.25, 0.3) is 5.91 Å². The summed E-state index contributed by atoms with van der Waals surface area (Å²) in [5, 5.41) is 3.30. The van der Waals surface area contributed by atoms with E-state index in [9.17, 15) is 9.59 Å². The van der Waals surface area contributed by atoms with Gasteiger partial charge in [-0.15, -0.1) is 0 Å². The van der Waals surface area contributed by atoms with E-state index in [2.05, 4.69) is 19.2 Å². The van der Waals surface area contributed by atoms with Crippen molar-refractivity contribution in [3.8, 4) is 0 Å². The van der Waals surface area contributed by atoms with Crippen LogP contribution in [0.1, 0.15) is 49.5 Å². The van der Waals surface area contributed by atoms with Crippen LogP contribution in [0.25, 0.3) is 10.9 Å². The average molecular weight is 313 g/mol. The molecule has 1 heterocycles. The average Bonchev–Trinajstić information content (AvgIpc) is 3.31. The number of nitrogens with zero attached hydrogens (tertiary/aromatic N) is 1. The molecule has 0 radical (unpaired) electrons. The van der Waals surface area contributed by atoms with Gasteiger partial charge in [-0.2, -0.15) is 0 Å². The monoisotopic (exact) mass is 313 g/mol. The quantitative estimate of drug-likeness (QED) is 0.833. The number of carbonyl (C=O) groups excluding carboxylic acids is 1. The third-order valence-corrected chi connectivity index (χ3v) is 4.28. The van der Waals surface area contributed by atoms with Crippen molar-refractivity contribution >= 4 is 22.5 Å². The molecular weight excluding hydrogens is 290 g/mol. The van der Waals surface area contributed by atoms with E-state index in [4.69, 9.17) is 5.73 Å². The molecule has 0 aliphatic heterocycles. The Morgan fingerprint density at radius 1 is 1.39 bits per heavy atom. The van der Waals surface area contributed by atoms with Crippen LogP contribution in [-0.4, -0.2) is 17.0 Å². The van der Waals surface area contributed by atoms with Gasteiger partial charge in [-0.3, -0.25) is 9.59 Å². The van der Waals surface area contributed by atoms with E-state index < -0.39 is 0 Å². The van der Waals surface area contributed by atoms with E-state index in [1.807, 2.05) is 16.7 Å². The second-order valence-corrected chi connectivity index (χ2v) is 6.69. The number of rotatable bonds is 5. The van der Waals surface area contributed by atoms with Gasteiger partial charge in [0.1, 0.15) is 5.56 Å². The number of hydrogen-bond donors (Lipinski definition) is 2. The zero-order chi connectivity index (χ0) is 16.6. The number of carbonyl (C=O) groups is 1. The Bertz CT molecular complexity index is 804. The Morgan fingerprint density at radius 3 is 2.78 bits per heavy atom. The third kappa shape index (κ3) is 3.09. The minimum atomic E-state index is -0.310. The summed E-state index contributed by atoms with van der Waals surface area (Å²) in [6, 6.07) is 5.81. The first-order valence-corrected chi connectivity index (χ1v) is 8.20. The van der Waals surface area contributed by atoms with Crippen molar-refractivity contribution in [3.05, 3.63) is 40.2 Å². The highest BCUT2D eigenvalue weighted by Crippen LogP contribution is 2.37. The molecule has 1 fully saturated rings. The van der Waals surface area contributed by atoms with Crippen molar-refractivity contribution in [2.24, 2.45) is 5.92 Å². The van der Waals surface area contributed by atoms with Crippen LogP contribution in [0.4, 0.5) is 5.69 Å². The van der Waals surface area contributed by atoms with Crippen molar-refractivity contribution in [2.75, 3.05) is 12.3 Å². The van der Waals surface area contributed by atoms with Gasteiger partial charge >= 0.3 is 0 Å². The molecule has 0 spiro atoms. The van der Waals surface area contributed by atoms with E-state index >= 15 is 0 Å². The topological polar surface area (TPSA) is 77.1 Å². The maximum absolute atomic E-state index is 12.7. The van der Waals surface area contributed by atoms with Crippen molar-refractivity contribution < 1.29 is 4.79 Å². The fourth-order valence-corrected chi connectivity index (χ4v) is 2.81. The van der Waals surface area contributed by atoms with Crippen LogP contribution in [0.2, 0.25) is 0 Å². The lowest BCUT2D eigenvalue weighted by Crippen LogP contribution is -2.31. The van der Waals surface area contributed by atoms with Crippen LogP contribution in [0.5, 0.6) is 0 Å². The Hall–Kier alpha value is -2.30. The molecule has 23 heavy (non-hydrogen) atoms. The van der Waals surface area contributed by atoms with Gasteiger partial charge in [0, 0.05) is 24.5 Å². The smallest absolute Gasteiger partial charge is 0.256 e. The molecule has 0 saturated heterocycles. The van der Waals surface area contributed by atoms with E-state index in [1.54, 1.807) is 12.3 Å². The van der Waals surface area contributed by atoms with E-state index in [0.29, 0.717) is 29.6 Å². The predicted octanol–water partition coefficient (Wildman–Crippen LogP) is 2.69. The van der Waals surface area contributed by atoms with Crippen LogP contribution >= 0.6 is 0 Å². The zero-order valence-corrected chi connectivity index (χ0v) is 13.6. The molecular formula is C18H23N3O2. The summed E-state index contributed by atoms with van der Waals surface area (Å²) in [5.41, 5.74) is 7.16.